The highest BCUT2D eigenvalue weighted by Crippen LogP contribution is 2.27. The maximum absolute atomic E-state index is 10.2. The summed E-state index contributed by atoms with van der Waals surface area (Å²) in [5.41, 5.74) is 0. The Morgan fingerprint density at radius 3 is 1.71 bits per heavy atom. The number of rotatable bonds is 13. The molecule has 1 fully saturated rings. The van der Waals surface area contributed by atoms with Crippen LogP contribution in [0, 0.1) is 0 Å². The van der Waals surface area contributed by atoms with Crippen LogP contribution in [-0.2, 0) is 23.7 Å². The summed E-state index contributed by atoms with van der Waals surface area (Å²) in [6.07, 6.45) is -4.56. The molecule has 1 rings (SSSR count). The lowest BCUT2D eigenvalue weighted by molar-refractivity contribution is -0.313. The van der Waals surface area contributed by atoms with Crippen molar-refractivity contribution < 1.29 is 49.2 Å². The van der Waals surface area contributed by atoms with E-state index in [1.807, 2.05) is 0 Å². The van der Waals surface area contributed by atoms with Crippen molar-refractivity contribution >= 4 is 0 Å². The molecule has 5 atom stereocenters. The molecule has 0 aliphatic carbocycles. The zero-order chi connectivity index (χ0) is 17.8. The topological polar surface area (TPSA) is 147 Å². The largest absolute Gasteiger partial charge is 0.394 e. The van der Waals surface area contributed by atoms with Crippen molar-refractivity contribution in [1.29, 1.82) is 0 Å². The Morgan fingerprint density at radius 1 is 0.667 bits per heavy atom. The molecule has 24 heavy (non-hydrogen) atoms. The van der Waals surface area contributed by atoms with Gasteiger partial charge in [0.25, 0.3) is 0 Å². The van der Waals surface area contributed by atoms with Gasteiger partial charge >= 0.3 is 0 Å². The van der Waals surface area contributed by atoms with Gasteiger partial charge in [-0.05, 0) is 0 Å². The van der Waals surface area contributed by atoms with Crippen LogP contribution in [0.4, 0.5) is 0 Å². The Balaban J connectivity index is 2.84. The monoisotopic (exact) mass is 356 g/mol. The molecule has 1 heterocycles. The number of hydrogen-bond donors (Lipinski definition) is 5. The van der Waals surface area contributed by atoms with Crippen molar-refractivity contribution in [1.82, 2.24) is 0 Å². The summed E-state index contributed by atoms with van der Waals surface area (Å²) >= 11 is 0. The van der Waals surface area contributed by atoms with E-state index in [-0.39, 0.29) is 59.5 Å². The highest BCUT2D eigenvalue weighted by Gasteiger charge is 2.47. The molecular weight excluding hydrogens is 328 g/mol. The first-order valence-electron chi connectivity index (χ1n) is 7.89. The highest BCUT2D eigenvalue weighted by molar-refractivity contribution is 4.92. The Kier molecular flexibility index (Phi) is 11.6. The van der Waals surface area contributed by atoms with Gasteiger partial charge in [0.2, 0.25) is 0 Å². The van der Waals surface area contributed by atoms with E-state index in [4.69, 9.17) is 44.1 Å². The first-order valence-corrected chi connectivity index (χ1v) is 7.89. The average Bonchev–Trinajstić information content (AvgIpc) is 2.58. The highest BCUT2D eigenvalue weighted by atomic mass is 16.7. The summed E-state index contributed by atoms with van der Waals surface area (Å²) < 4.78 is 27.2. The van der Waals surface area contributed by atoms with E-state index in [1.54, 1.807) is 0 Å². The van der Waals surface area contributed by atoms with Crippen LogP contribution >= 0.6 is 0 Å². The van der Waals surface area contributed by atoms with Crippen molar-refractivity contribution in [2.75, 3.05) is 59.5 Å². The SMILES string of the molecule is OCCOC[C@H]1O[C@H](O)[C@H](OCCO)[C@@H](OCCO)[C@H]1OCCO. The molecule has 10 nitrogen and oxygen atoms in total. The molecule has 144 valence electrons. The van der Waals surface area contributed by atoms with Crippen molar-refractivity contribution in [2.24, 2.45) is 0 Å². The lowest BCUT2D eigenvalue weighted by Crippen LogP contribution is -2.61. The van der Waals surface area contributed by atoms with Crippen LogP contribution in [0.25, 0.3) is 0 Å². The van der Waals surface area contributed by atoms with Crippen LogP contribution in [0.5, 0.6) is 0 Å². The lowest BCUT2D eigenvalue weighted by Gasteiger charge is -2.44. The summed E-state index contributed by atoms with van der Waals surface area (Å²) in [6.45, 7) is -0.801. The van der Waals surface area contributed by atoms with Gasteiger partial charge in [-0.3, -0.25) is 0 Å². The number of ether oxygens (including phenoxy) is 5. The van der Waals surface area contributed by atoms with E-state index < -0.39 is 30.7 Å². The van der Waals surface area contributed by atoms with Gasteiger partial charge < -0.3 is 49.2 Å². The van der Waals surface area contributed by atoms with Crippen molar-refractivity contribution in [3.05, 3.63) is 0 Å². The summed E-state index contributed by atoms with van der Waals surface area (Å²) in [5, 5.41) is 45.8. The molecule has 0 radical (unpaired) electrons. The predicted molar refractivity (Wildman–Crippen MR) is 79.3 cm³/mol. The van der Waals surface area contributed by atoms with Crippen molar-refractivity contribution in [3.63, 3.8) is 0 Å². The third-order valence-electron chi connectivity index (χ3n) is 3.33. The van der Waals surface area contributed by atoms with Crippen LogP contribution in [0.2, 0.25) is 0 Å². The molecule has 0 saturated carbocycles. The molecule has 0 bridgehead atoms. The Hall–Kier alpha value is -0.400. The van der Waals surface area contributed by atoms with Gasteiger partial charge in [-0.2, -0.15) is 0 Å². The fourth-order valence-electron chi connectivity index (χ4n) is 2.43. The maximum Gasteiger partial charge on any atom is 0.184 e. The fraction of sp³-hybridized carbons (Fsp3) is 1.00. The summed E-state index contributed by atoms with van der Waals surface area (Å²) in [7, 11) is 0. The molecule has 0 amide bonds. The van der Waals surface area contributed by atoms with Crippen LogP contribution in [0.3, 0.4) is 0 Å². The minimum absolute atomic E-state index is 0.00628. The molecule has 0 unspecified atom stereocenters. The van der Waals surface area contributed by atoms with E-state index in [1.165, 1.54) is 0 Å². The van der Waals surface area contributed by atoms with E-state index in [2.05, 4.69) is 0 Å². The van der Waals surface area contributed by atoms with Crippen LogP contribution < -0.4 is 0 Å². The second kappa shape index (κ2) is 12.9. The zero-order valence-corrected chi connectivity index (χ0v) is 13.5. The second-order valence-corrected chi connectivity index (χ2v) is 5.04. The Labute approximate surface area is 140 Å². The van der Waals surface area contributed by atoms with Crippen molar-refractivity contribution in [3.8, 4) is 0 Å². The van der Waals surface area contributed by atoms with Gasteiger partial charge in [-0.1, -0.05) is 0 Å². The summed E-state index contributed by atoms with van der Waals surface area (Å²) in [4.78, 5) is 0. The predicted octanol–water partition coefficient (Wildman–Crippen LogP) is -3.15. The van der Waals surface area contributed by atoms with E-state index in [0.29, 0.717) is 0 Å². The number of aliphatic hydroxyl groups excluding tert-OH is 5. The van der Waals surface area contributed by atoms with Crippen molar-refractivity contribution in [2.45, 2.75) is 30.7 Å². The third kappa shape index (κ3) is 6.84. The van der Waals surface area contributed by atoms with Gasteiger partial charge in [-0.25, -0.2) is 0 Å². The van der Waals surface area contributed by atoms with Gasteiger partial charge in [-0.15, -0.1) is 0 Å². The first-order chi connectivity index (χ1) is 11.7. The Bertz CT molecular complexity index is 305. The Morgan fingerprint density at radius 2 is 1.17 bits per heavy atom. The normalized spacial score (nSPS) is 30.6. The number of hydrogen-bond acceptors (Lipinski definition) is 10. The molecule has 1 aliphatic rings. The minimum atomic E-state index is -1.35. The molecule has 10 heteroatoms. The second-order valence-electron chi connectivity index (χ2n) is 5.04. The van der Waals surface area contributed by atoms with Crippen LogP contribution in [0.1, 0.15) is 0 Å². The quantitative estimate of drug-likeness (QED) is 0.214. The molecule has 0 aromatic carbocycles. The van der Waals surface area contributed by atoms with Gasteiger partial charge in [0.1, 0.15) is 24.4 Å². The summed E-state index contributed by atoms with van der Waals surface area (Å²) in [5.74, 6) is 0. The standard InChI is InChI=1S/C14H28O10/c15-1-5-20-9-10-11(21-6-2-16)12(22-7-3-17)13(14(19)24-10)23-8-4-18/h10-19H,1-9H2/t10-,11+,12+,13-,14+/m1/s1. The van der Waals surface area contributed by atoms with E-state index in [0.717, 1.165) is 0 Å². The minimum Gasteiger partial charge on any atom is -0.394 e. The molecular formula is C14H28O10. The van der Waals surface area contributed by atoms with Gasteiger partial charge in [0, 0.05) is 0 Å². The van der Waals surface area contributed by atoms with E-state index >= 15 is 0 Å². The van der Waals surface area contributed by atoms with E-state index in [9.17, 15) is 5.11 Å². The van der Waals surface area contributed by atoms with Crippen LogP contribution in [0.15, 0.2) is 0 Å². The molecule has 0 aromatic rings. The zero-order valence-electron chi connectivity index (χ0n) is 13.5. The van der Waals surface area contributed by atoms with Gasteiger partial charge in [0.05, 0.1) is 59.5 Å². The smallest absolute Gasteiger partial charge is 0.184 e. The average molecular weight is 356 g/mol. The maximum atomic E-state index is 10.2. The molecule has 0 spiro atoms. The molecule has 1 aliphatic heterocycles. The molecule has 1 saturated heterocycles. The lowest BCUT2D eigenvalue weighted by atomic mass is 9.98. The molecule has 0 aromatic heterocycles. The fourth-order valence-corrected chi connectivity index (χ4v) is 2.43. The molecule has 5 N–H and O–H groups in total. The van der Waals surface area contributed by atoms with Crippen LogP contribution in [-0.4, -0.2) is 116 Å². The van der Waals surface area contributed by atoms with Gasteiger partial charge in [0.15, 0.2) is 6.29 Å². The summed E-state index contributed by atoms with van der Waals surface area (Å²) in [6, 6.07) is 0. The third-order valence-corrected chi connectivity index (χ3v) is 3.33. The number of aliphatic hydroxyl groups is 5. The first kappa shape index (κ1) is 21.6.